The van der Waals surface area contributed by atoms with Gasteiger partial charge in [-0.25, -0.2) is 9.78 Å². The second-order valence-electron chi connectivity index (χ2n) is 7.41. The van der Waals surface area contributed by atoms with Gasteiger partial charge in [0.2, 0.25) is 0 Å². The minimum Gasteiger partial charge on any atom is -0.332 e. The summed E-state index contributed by atoms with van der Waals surface area (Å²) in [5, 5.41) is 4.97. The molecule has 0 saturated carbocycles. The normalized spacial score (nSPS) is 11.0. The number of rotatable bonds is 6. The summed E-state index contributed by atoms with van der Waals surface area (Å²) >= 11 is 5.98. The third-order valence-corrected chi connectivity index (χ3v) is 5.20. The summed E-state index contributed by atoms with van der Waals surface area (Å²) < 4.78 is 4.52. The zero-order valence-electron chi connectivity index (χ0n) is 17.9. The fourth-order valence-corrected chi connectivity index (χ4v) is 3.70. The highest BCUT2D eigenvalue weighted by Crippen LogP contribution is 2.18. The molecule has 0 amide bonds. The van der Waals surface area contributed by atoms with Crippen LogP contribution in [-0.4, -0.2) is 28.9 Å². The lowest BCUT2D eigenvalue weighted by atomic mass is 10.2. The van der Waals surface area contributed by atoms with E-state index >= 15 is 0 Å². The minimum absolute atomic E-state index is 0.323. The number of aryl methyl sites for hydroxylation is 1. The van der Waals surface area contributed by atoms with Crippen LogP contribution < -0.4 is 11.2 Å². The number of benzene rings is 1. The van der Waals surface area contributed by atoms with Gasteiger partial charge in [-0.3, -0.25) is 18.6 Å². The molecular weight excluding hydrogens is 428 g/mol. The first-order valence-electron chi connectivity index (χ1n) is 10.5. The number of halogens is 1. The molecule has 3 aromatic heterocycles. The third-order valence-electron chi connectivity index (χ3n) is 4.96. The van der Waals surface area contributed by atoms with E-state index < -0.39 is 0 Å². The molecule has 0 fully saturated rings. The van der Waals surface area contributed by atoms with Crippen molar-refractivity contribution < 1.29 is 0 Å². The standard InChI is InChI=1S/C23H23ClN6O2/c1-3-10-29-21-19(22(31)30(11-4-2)23(29)32)26-20(27-21)17-14-25-28(15-17)12-6-8-16-7-5-9-18(24)13-16/h5,7,9,13-15H,3-4,10-12H2,1-2H3,(H,26,27). The first-order chi connectivity index (χ1) is 15.5. The van der Waals surface area contributed by atoms with Crippen LogP contribution in [0.4, 0.5) is 0 Å². The number of H-pyrrole nitrogens is 1. The van der Waals surface area contributed by atoms with Gasteiger partial charge in [0.05, 0.1) is 11.8 Å². The van der Waals surface area contributed by atoms with Gasteiger partial charge in [-0.05, 0) is 31.0 Å². The Morgan fingerprint density at radius 2 is 1.91 bits per heavy atom. The van der Waals surface area contributed by atoms with Crippen molar-refractivity contribution in [1.82, 2.24) is 28.9 Å². The van der Waals surface area contributed by atoms with Crippen LogP contribution in [0.15, 0.2) is 46.2 Å². The Balaban J connectivity index is 1.67. The molecule has 1 N–H and O–H groups in total. The molecule has 0 spiro atoms. The SMILES string of the molecule is CCCn1c(=O)c2[nH]c(-c3cnn(CC#Cc4cccc(Cl)c4)c3)nc2n(CCC)c1=O. The predicted molar refractivity (Wildman–Crippen MR) is 125 cm³/mol. The fourth-order valence-electron chi connectivity index (χ4n) is 3.51. The van der Waals surface area contributed by atoms with Gasteiger partial charge >= 0.3 is 5.69 Å². The van der Waals surface area contributed by atoms with E-state index in [4.69, 9.17) is 11.6 Å². The van der Waals surface area contributed by atoms with Gasteiger partial charge in [0.25, 0.3) is 5.56 Å². The lowest BCUT2D eigenvalue weighted by molar-refractivity contribution is 0.555. The maximum atomic E-state index is 12.9. The molecule has 0 aliphatic carbocycles. The molecule has 0 unspecified atom stereocenters. The molecule has 0 radical (unpaired) electrons. The molecule has 164 valence electrons. The van der Waals surface area contributed by atoms with E-state index in [-0.39, 0.29) is 11.2 Å². The topological polar surface area (TPSA) is 90.5 Å². The van der Waals surface area contributed by atoms with E-state index in [0.29, 0.717) is 53.6 Å². The molecule has 0 bridgehead atoms. The van der Waals surface area contributed by atoms with Crippen molar-refractivity contribution in [2.24, 2.45) is 0 Å². The molecule has 8 nitrogen and oxygen atoms in total. The highest BCUT2D eigenvalue weighted by Gasteiger charge is 2.18. The molecular formula is C23H23ClN6O2. The van der Waals surface area contributed by atoms with Gasteiger partial charge in [-0.1, -0.05) is 43.4 Å². The van der Waals surface area contributed by atoms with Gasteiger partial charge in [-0.2, -0.15) is 5.10 Å². The average molecular weight is 451 g/mol. The first kappa shape index (κ1) is 21.7. The third kappa shape index (κ3) is 4.25. The summed E-state index contributed by atoms with van der Waals surface area (Å²) in [5.74, 6) is 6.61. The number of imidazole rings is 1. The van der Waals surface area contributed by atoms with Gasteiger partial charge in [0.15, 0.2) is 5.65 Å². The molecule has 4 rings (SSSR count). The van der Waals surface area contributed by atoms with Crippen molar-refractivity contribution in [3.05, 3.63) is 68.1 Å². The Bertz CT molecular complexity index is 1450. The lowest BCUT2D eigenvalue weighted by Crippen LogP contribution is -2.40. The summed E-state index contributed by atoms with van der Waals surface area (Å²) in [4.78, 5) is 33.4. The number of nitrogens with zero attached hydrogens (tertiary/aromatic N) is 5. The predicted octanol–water partition coefficient (Wildman–Crippen LogP) is 3.27. The molecule has 0 aliphatic rings. The molecule has 0 saturated heterocycles. The van der Waals surface area contributed by atoms with Crippen LogP contribution in [0.2, 0.25) is 5.02 Å². The quantitative estimate of drug-likeness (QED) is 0.456. The van der Waals surface area contributed by atoms with Gasteiger partial charge in [-0.15, -0.1) is 0 Å². The van der Waals surface area contributed by atoms with E-state index in [2.05, 4.69) is 26.9 Å². The van der Waals surface area contributed by atoms with Gasteiger partial charge in [0.1, 0.15) is 17.9 Å². The Morgan fingerprint density at radius 1 is 1.12 bits per heavy atom. The Labute approximate surface area is 189 Å². The van der Waals surface area contributed by atoms with Crippen LogP contribution in [0, 0.1) is 11.8 Å². The van der Waals surface area contributed by atoms with Gasteiger partial charge < -0.3 is 4.98 Å². The number of nitrogens with one attached hydrogen (secondary N) is 1. The molecule has 0 aliphatic heterocycles. The smallest absolute Gasteiger partial charge is 0.332 e. The zero-order chi connectivity index (χ0) is 22.7. The molecule has 9 heteroatoms. The van der Waals surface area contributed by atoms with E-state index in [0.717, 1.165) is 12.0 Å². The maximum Gasteiger partial charge on any atom is 0.332 e. The molecule has 4 aromatic rings. The van der Waals surface area contributed by atoms with Crippen molar-refractivity contribution >= 4 is 22.8 Å². The summed E-state index contributed by atoms with van der Waals surface area (Å²) in [6.07, 6.45) is 4.91. The fraction of sp³-hybridized carbons (Fsp3) is 0.304. The van der Waals surface area contributed by atoms with E-state index in [1.165, 1.54) is 4.57 Å². The maximum absolute atomic E-state index is 12.9. The largest absolute Gasteiger partial charge is 0.332 e. The molecule has 32 heavy (non-hydrogen) atoms. The lowest BCUT2D eigenvalue weighted by Gasteiger charge is -2.09. The van der Waals surface area contributed by atoms with E-state index in [9.17, 15) is 9.59 Å². The van der Waals surface area contributed by atoms with E-state index in [1.807, 2.05) is 26.0 Å². The van der Waals surface area contributed by atoms with Crippen molar-refractivity contribution in [1.29, 1.82) is 0 Å². The van der Waals surface area contributed by atoms with Crippen molar-refractivity contribution in [3.63, 3.8) is 0 Å². The highest BCUT2D eigenvalue weighted by molar-refractivity contribution is 6.30. The van der Waals surface area contributed by atoms with Crippen molar-refractivity contribution in [2.45, 2.75) is 46.3 Å². The number of aromatic amines is 1. The Hall–Kier alpha value is -3.57. The van der Waals surface area contributed by atoms with Gasteiger partial charge in [0, 0.05) is 29.9 Å². The van der Waals surface area contributed by atoms with E-state index in [1.54, 1.807) is 33.8 Å². The average Bonchev–Trinajstić information content (AvgIpc) is 3.42. The van der Waals surface area contributed by atoms with Crippen molar-refractivity contribution in [3.8, 4) is 23.2 Å². The van der Waals surface area contributed by atoms with Crippen LogP contribution in [0.3, 0.4) is 0 Å². The second-order valence-corrected chi connectivity index (χ2v) is 7.85. The molecule has 1 aromatic carbocycles. The second kappa shape index (κ2) is 9.28. The summed E-state index contributed by atoms with van der Waals surface area (Å²) in [5.41, 5.74) is 1.57. The minimum atomic E-state index is -0.349. The summed E-state index contributed by atoms with van der Waals surface area (Å²) in [7, 11) is 0. The van der Waals surface area contributed by atoms with Crippen LogP contribution in [0.25, 0.3) is 22.6 Å². The summed E-state index contributed by atoms with van der Waals surface area (Å²) in [6, 6.07) is 7.35. The molecule has 0 atom stereocenters. The van der Waals surface area contributed by atoms with Crippen LogP contribution in [0.5, 0.6) is 0 Å². The monoisotopic (exact) mass is 450 g/mol. The Kier molecular flexibility index (Phi) is 6.28. The summed E-state index contributed by atoms with van der Waals surface area (Å²) in [6.45, 7) is 5.16. The number of aromatic nitrogens is 6. The van der Waals surface area contributed by atoms with Crippen molar-refractivity contribution in [2.75, 3.05) is 0 Å². The van der Waals surface area contributed by atoms with Crippen LogP contribution in [0.1, 0.15) is 32.3 Å². The highest BCUT2D eigenvalue weighted by atomic mass is 35.5. The van der Waals surface area contributed by atoms with Crippen LogP contribution >= 0.6 is 11.6 Å². The Morgan fingerprint density at radius 3 is 2.66 bits per heavy atom. The first-order valence-corrected chi connectivity index (χ1v) is 10.9. The van der Waals surface area contributed by atoms with Crippen LogP contribution in [-0.2, 0) is 19.6 Å². The number of hydrogen-bond donors (Lipinski definition) is 1. The molecule has 3 heterocycles. The zero-order valence-corrected chi connectivity index (χ0v) is 18.7. The number of fused-ring (bicyclic) bond motifs is 1. The number of hydrogen-bond acceptors (Lipinski definition) is 4.